The number of nitrogens with zero attached hydrogens (tertiary/aromatic N) is 2. The molecule has 0 atom stereocenters. The van der Waals surface area contributed by atoms with E-state index in [1.807, 2.05) is 48.5 Å². The Morgan fingerprint density at radius 2 is 1.74 bits per heavy atom. The minimum atomic E-state index is -1.05. The summed E-state index contributed by atoms with van der Waals surface area (Å²) in [5.74, 6) is -0.552. The number of hydrogen-bond acceptors (Lipinski definition) is 3. The van der Waals surface area contributed by atoms with Crippen molar-refractivity contribution in [3.05, 3.63) is 82.6 Å². The fourth-order valence-electron chi connectivity index (χ4n) is 2.28. The van der Waals surface area contributed by atoms with Crippen molar-refractivity contribution < 1.29 is 9.90 Å². The van der Waals surface area contributed by atoms with Gasteiger partial charge in [-0.15, -0.1) is 0 Å². The molecule has 1 heterocycles. The van der Waals surface area contributed by atoms with Gasteiger partial charge in [0.2, 0.25) is 0 Å². The van der Waals surface area contributed by atoms with Crippen LogP contribution in [0.5, 0.6) is 0 Å². The van der Waals surface area contributed by atoms with Gasteiger partial charge >= 0.3 is 5.97 Å². The second-order valence-electron chi connectivity index (χ2n) is 4.99. The quantitative estimate of drug-likeness (QED) is 0.785. The number of carbonyl (C=O) groups is 1. The molecule has 0 unspecified atom stereocenters. The average Bonchev–Trinajstić information content (AvgIpc) is 2.57. The maximum absolute atomic E-state index is 11.4. The maximum Gasteiger partial charge on any atom is 0.339 e. The van der Waals surface area contributed by atoms with Gasteiger partial charge in [-0.1, -0.05) is 60.1 Å². The summed E-state index contributed by atoms with van der Waals surface area (Å²) in [4.78, 5) is 20.1. The molecule has 0 spiro atoms. The van der Waals surface area contributed by atoms with Crippen molar-refractivity contribution >= 4 is 17.6 Å². The molecule has 5 heteroatoms. The molecule has 3 aromatic rings. The third-order valence-corrected chi connectivity index (χ3v) is 3.81. The highest BCUT2D eigenvalue weighted by Gasteiger charge is 2.15. The summed E-state index contributed by atoms with van der Waals surface area (Å²) in [6.07, 6.45) is 1.69. The maximum atomic E-state index is 11.4. The van der Waals surface area contributed by atoms with Crippen molar-refractivity contribution in [3.63, 3.8) is 0 Å². The summed E-state index contributed by atoms with van der Waals surface area (Å²) in [7, 11) is 0. The minimum absolute atomic E-state index is 0.0876. The smallest absolute Gasteiger partial charge is 0.339 e. The van der Waals surface area contributed by atoms with Crippen molar-refractivity contribution in [2.24, 2.45) is 0 Å². The van der Waals surface area contributed by atoms with Crippen LogP contribution < -0.4 is 0 Å². The third kappa shape index (κ3) is 3.38. The number of carboxylic acids is 1. The topological polar surface area (TPSA) is 63.1 Å². The van der Waals surface area contributed by atoms with Crippen LogP contribution in [0.25, 0.3) is 11.4 Å². The highest BCUT2D eigenvalue weighted by molar-refractivity contribution is 6.31. The van der Waals surface area contributed by atoms with E-state index in [1.54, 1.807) is 6.07 Å². The van der Waals surface area contributed by atoms with Gasteiger partial charge in [-0.05, 0) is 11.6 Å². The average molecular weight is 325 g/mol. The lowest BCUT2D eigenvalue weighted by Crippen LogP contribution is -2.08. The van der Waals surface area contributed by atoms with Crippen LogP contribution in [0.3, 0.4) is 0 Å². The zero-order valence-corrected chi connectivity index (χ0v) is 12.9. The first-order valence-corrected chi connectivity index (χ1v) is 7.41. The Bertz CT molecular complexity index is 851. The number of carboxylic acid groups (broad SMARTS) is 1. The SMILES string of the molecule is O=C(O)c1cnc(-c2ccccc2)nc1Cc1ccccc1Cl. The molecule has 4 nitrogen and oxygen atoms in total. The monoisotopic (exact) mass is 324 g/mol. The molecule has 2 aromatic carbocycles. The van der Waals surface area contributed by atoms with E-state index in [4.69, 9.17) is 11.6 Å². The number of aromatic carboxylic acids is 1. The van der Waals surface area contributed by atoms with Crippen LogP contribution in [0.2, 0.25) is 5.02 Å². The van der Waals surface area contributed by atoms with Gasteiger partial charge in [0.25, 0.3) is 0 Å². The predicted molar refractivity (Wildman–Crippen MR) is 88.7 cm³/mol. The van der Waals surface area contributed by atoms with E-state index in [9.17, 15) is 9.90 Å². The highest BCUT2D eigenvalue weighted by atomic mass is 35.5. The van der Waals surface area contributed by atoms with E-state index in [1.165, 1.54) is 6.20 Å². The third-order valence-electron chi connectivity index (χ3n) is 3.45. The molecule has 0 aliphatic heterocycles. The molecular formula is C18H13ClN2O2. The van der Waals surface area contributed by atoms with E-state index in [2.05, 4.69) is 9.97 Å². The predicted octanol–water partition coefficient (Wildman–Crippen LogP) is 4.09. The fraction of sp³-hybridized carbons (Fsp3) is 0.0556. The van der Waals surface area contributed by atoms with Gasteiger partial charge in [-0.2, -0.15) is 0 Å². The van der Waals surface area contributed by atoms with Crippen molar-refractivity contribution in [2.45, 2.75) is 6.42 Å². The normalized spacial score (nSPS) is 10.5. The van der Waals surface area contributed by atoms with Gasteiger partial charge in [0.15, 0.2) is 5.82 Å². The van der Waals surface area contributed by atoms with Crippen molar-refractivity contribution in [1.29, 1.82) is 0 Å². The van der Waals surface area contributed by atoms with Crippen LogP contribution in [0, 0.1) is 0 Å². The van der Waals surface area contributed by atoms with Gasteiger partial charge < -0.3 is 5.11 Å². The number of rotatable bonds is 4. The number of benzene rings is 2. The Labute approximate surface area is 138 Å². The van der Waals surface area contributed by atoms with Crippen LogP contribution in [-0.2, 0) is 6.42 Å². The first kappa shape index (κ1) is 15.2. The zero-order chi connectivity index (χ0) is 16.2. The summed E-state index contributed by atoms with van der Waals surface area (Å²) in [6.45, 7) is 0. The molecule has 0 saturated heterocycles. The van der Waals surface area contributed by atoms with Gasteiger partial charge in [0.1, 0.15) is 0 Å². The number of halogens is 1. The largest absolute Gasteiger partial charge is 0.478 e. The number of hydrogen-bond donors (Lipinski definition) is 1. The molecule has 0 saturated carbocycles. The van der Waals surface area contributed by atoms with E-state index in [0.717, 1.165) is 11.1 Å². The van der Waals surface area contributed by atoms with Crippen LogP contribution in [0.1, 0.15) is 21.6 Å². The lowest BCUT2D eigenvalue weighted by atomic mass is 10.1. The molecule has 1 N–H and O–H groups in total. The first-order chi connectivity index (χ1) is 11.1. The van der Waals surface area contributed by atoms with Crippen LogP contribution in [-0.4, -0.2) is 21.0 Å². The van der Waals surface area contributed by atoms with E-state index >= 15 is 0 Å². The molecule has 0 bridgehead atoms. The van der Waals surface area contributed by atoms with E-state index in [0.29, 0.717) is 23.0 Å². The Hall–Kier alpha value is -2.72. The van der Waals surface area contributed by atoms with Gasteiger partial charge in [0, 0.05) is 23.2 Å². The minimum Gasteiger partial charge on any atom is -0.478 e. The molecule has 1 aromatic heterocycles. The fourth-order valence-corrected chi connectivity index (χ4v) is 2.48. The highest BCUT2D eigenvalue weighted by Crippen LogP contribution is 2.22. The molecule has 0 radical (unpaired) electrons. The van der Waals surface area contributed by atoms with E-state index in [-0.39, 0.29) is 5.56 Å². The molecule has 114 valence electrons. The van der Waals surface area contributed by atoms with Crippen molar-refractivity contribution in [1.82, 2.24) is 9.97 Å². The summed E-state index contributed by atoms with van der Waals surface area (Å²) in [5.41, 5.74) is 2.20. The van der Waals surface area contributed by atoms with E-state index < -0.39 is 5.97 Å². The molecule has 0 aliphatic rings. The van der Waals surface area contributed by atoms with Crippen molar-refractivity contribution in [3.8, 4) is 11.4 Å². The molecule has 0 aliphatic carbocycles. The Morgan fingerprint density at radius 3 is 2.43 bits per heavy atom. The van der Waals surface area contributed by atoms with Crippen LogP contribution in [0.15, 0.2) is 60.8 Å². The molecule has 0 amide bonds. The van der Waals surface area contributed by atoms with Crippen LogP contribution in [0.4, 0.5) is 0 Å². The first-order valence-electron chi connectivity index (χ1n) is 7.03. The van der Waals surface area contributed by atoms with Gasteiger partial charge in [-0.25, -0.2) is 14.8 Å². The Kier molecular flexibility index (Phi) is 4.35. The second-order valence-corrected chi connectivity index (χ2v) is 5.40. The standard InChI is InChI=1S/C18H13ClN2O2/c19-15-9-5-4-8-13(15)10-16-14(18(22)23)11-20-17(21-16)12-6-2-1-3-7-12/h1-9,11H,10H2,(H,22,23). The summed E-state index contributed by atoms with van der Waals surface area (Å²) in [6, 6.07) is 16.8. The molecule has 3 rings (SSSR count). The Morgan fingerprint density at radius 1 is 1.04 bits per heavy atom. The van der Waals surface area contributed by atoms with Crippen LogP contribution >= 0.6 is 11.6 Å². The van der Waals surface area contributed by atoms with Gasteiger partial charge in [0.05, 0.1) is 11.3 Å². The summed E-state index contributed by atoms with van der Waals surface area (Å²) >= 11 is 6.17. The zero-order valence-electron chi connectivity index (χ0n) is 12.1. The molecular weight excluding hydrogens is 312 g/mol. The summed E-state index contributed by atoms with van der Waals surface area (Å²) < 4.78 is 0. The molecule has 23 heavy (non-hydrogen) atoms. The second kappa shape index (κ2) is 6.58. The van der Waals surface area contributed by atoms with Gasteiger partial charge in [-0.3, -0.25) is 0 Å². The number of aromatic nitrogens is 2. The Balaban J connectivity index is 2.06. The summed E-state index contributed by atoms with van der Waals surface area (Å²) in [5, 5.41) is 9.95. The lowest BCUT2D eigenvalue weighted by Gasteiger charge is -2.09. The lowest BCUT2D eigenvalue weighted by molar-refractivity contribution is 0.0695. The van der Waals surface area contributed by atoms with Crippen molar-refractivity contribution in [2.75, 3.05) is 0 Å². The molecule has 0 fully saturated rings.